The molecule has 0 unspecified atom stereocenters. The first-order chi connectivity index (χ1) is 14.7. The van der Waals surface area contributed by atoms with Crippen LogP contribution in [0, 0.1) is 0 Å². The van der Waals surface area contributed by atoms with Crippen LogP contribution in [0.4, 0.5) is 11.4 Å². The third-order valence-electron chi connectivity index (χ3n) is 4.50. The van der Waals surface area contributed by atoms with Gasteiger partial charge in [-0.1, -0.05) is 6.07 Å². The van der Waals surface area contributed by atoms with Crippen molar-refractivity contribution in [1.82, 2.24) is 4.98 Å². The van der Waals surface area contributed by atoms with Crippen LogP contribution in [0.2, 0.25) is 0 Å². The summed E-state index contributed by atoms with van der Waals surface area (Å²) in [5.41, 5.74) is 2.55. The molecule has 2 heterocycles. The van der Waals surface area contributed by atoms with Crippen LogP contribution in [0.5, 0.6) is 11.5 Å². The minimum atomic E-state index is -0.0848. The van der Waals surface area contributed by atoms with E-state index in [9.17, 15) is 4.79 Å². The number of aromatic nitrogens is 1. The number of pyridine rings is 1. The number of morpholine rings is 1. The van der Waals surface area contributed by atoms with Gasteiger partial charge in [-0.05, 0) is 26.0 Å². The van der Waals surface area contributed by atoms with Crippen LogP contribution in [0.15, 0.2) is 36.5 Å². The van der Waals surface area contributed by atoms with Gasteiger partial charge in [-0.3, -0.25) is 9.78 Å². The number of ether oxygens (including phenoxy) is 3. The fraction of sp³-hybridized carbons (Fsp3) is 0.455. The molecule has 162 valence electrons. The Kier molecular flexibility index (Phi) is 8.65. The van der Waals surface area contributed by atoms with E-state index >= 15 is 0 Å². The van der Waals surface area contributed by atoms with Crippen molar-refractivity contribution in [3.8, 4) is 11.5 Å². The highest BCUT2D eigenvalue weighted by atomic mass is 32.2. The molecule has 7 nitrogen and oxygen atoms in total. The van der Waals surface area contributed by atoms with E-state index in [0.717, 1.165) is 30.2 Å². The molecule has 1 N–H and O–H groups in total. The van der Waals surface area contributed by atoms with E-state index in [1.807, 2.05) is 44.2 Å². The van der Waals surface area contributed by atoms with Crippen LogP contribution in [0.3, 0.4) is 0 Å². The fourth-order valence-electron chi connectivity index (χ4n) is 3.16. The maximum atomic E-state index is 12.5. The summed E-state index contributed by atoms with van der Waals surface area (Å²) >= 11 is 1.52. The molecular weight excluding hydrogens is 402 g/mol. The minimum absolute atomic E-state index is 0.0848. The van der Waals surface area contributed by atoms with Gasteiger partial charge in [0, 0.05) is 37.2 Å². The second-order valence-corrected chi connectivity index (χ2v) is 7.63. The summed E-state index contributed by atoms with van der Waals surface area (Å²) < 4.78 is 17.2. The van der Waals surface area contributed by atoms with Crippen molar-refractivity contribution in [2.24, 2.45) is 0 Å². The molecule has 1 fully saturated rings. The van der Waals surface area contributed by atoms with Crippen molar-refractivity contribution in [3.05, 3.63) is 42.2 Å². The summed E-state index contributed by atoms with van der Waals surface area (Å²) in [5.74, 6) is 2.31. The molecule has 0 bridgehead atoms. The van der Waals surface area contributed by atoms with Gasteiger partial charge in [-0.15, -0.1) is 11.8 Å². The SMILES string of the molecule is CCOc1cc(N2CCOCC2)c(OCC)cc1NC(=O)CSCc1ccccn1. The van der Waals surface area contributed by atoms with Gasteiger partial charge in [-0.2, -0.15) is 0 Å². The lowest BCUT2D eigenvalue weighted by Crippen LogP contribution is -2.36. The van der Waals surface area contributed by atoms with Crippen molar-refractivity contribution < 1.29 is 19.0 Å². The fourth-order valence-corrected chi connectivity index (χ4v) is 3.90. The zero-order valence-electron chi connectivity index (χ0n) is 17.6. The Labute approximate surface area is 182 Å². The molecular formula is C22H29N3O4S. The molecule has 2 aromatic rings. The van der Waals surface area contributed by atoms with E-state index in [4.69, 9.17) is 14.2 Å². The van der Waals surface area contributed by atoms with Crippen LogP contribution in [-0.2, 0) is 15.3 Å². The number of thioether (sulfide) groups is 1. The highest BCUT2D eigenvalue weighted by Crippen LogP contribution is 2.39. The van der Waals surface area contributed by atoms with Crippen molar-refractivity contribution in [3.63, 3.8) is 0 Å². The number of rotatable bonds is 10. The van der Waals surface area contributed by atoms with Gasteiger partial charge in [0.05, 0.1) is 49.2 Å². The number of benzene rings is 1. The molecule has 0 atom stereocenters. The molecule has 1 aliphatic rings. The van der Waals surface area contributed by atoms with Gasteiger partial charge >= 0.3 is 0 Å². The second kappa shape index (κ2) is 11.7. The Hall–Kier alpha value is -2.45. The van der Waals surface area contributed by atoms with Gasteiger partial charge in [0.15, 0.2) is 0 Å². The molecule has 1 aromatic heterocycles. The monoisotopic (exact) mass is 431 g/mol. The lowest BCUT2D eigenvalue weighted by Gasteiger charge is -2.31. The smallest absolute Gasteiger partial charge is 0.234 e. The molecule has 0 aliphatic carbocycles. The van der Waals surface area contributed by atoms with Crippen molar-refractivity contribution >= 4 is 29.0 Å². The predicted molar refractivity (Wildman–Crippen MR) is 121 cm³/mol. The first kappa shape index (κ1) is 22.2. The summed E-state index contributed by atoms with van der Waals surface area (Å²) in [4.78, 5) is 19.0. The quantitative estimate of drug-likeness (QED) is 0.616. The number of anilines is 2. The molecule has 0 radical (unpaired) electrons. The van der Waals surface area contributed by atoms with Crippen LogP contribution < -0.4 is 19.7 Å². The first-order valence-corrected chi connectivity index (χ1v) is 11.4. The van der Waals surface area contributed by atoms with Crippen LogP contribution in [0.1, 0.15) is 19.5 Å². The Bertz CT molecular complexity index is 814. The molecule has 1 aliphatic heterocycles. The highest BCUT2D eigenvalue weighted by Gasteiger charge is 2.20. The van der Waals surface area contributed by atoms with Gasteiger partial charge in [0.1, 0.15) is 11.5 Å². The number of hydrogen-bond acceptors (Lipinski definition) is 7. The van der Waals surface area contributed by atoms with Gasteiger partial charge in [0.2, 0.25) is 5.91 Å². The summed E-state index contributed by atoms with van der Waals surface area (Å²) in [5, 5.41) is 2.98. The van der Waals surface area contributed by atoms with Gasteiger partial charge < -0.3 is 24.4 Å². The van der Waals surface area contributed by atoms with E-state index in [1.54, 1.807) is 6.20 Å². The Balaban J connectivity index is 1.71. The standard InChI is InChI=1S/C22H29N3O4S/c1-3-28-20-14-19(25-9-11-27-12-10-25)21(29-4-2)13-18(20)24-22(26)16-30-15-17-7-5-6-8-23-17/h5-8,13-14H,3-4,9-12,15-16H2,1-2H3,(H,24,26). The topological polar surface area (TPSA) is 72.9 Å². The Morgan fingerprint density at radius 3 is 2.63 bits per heavy atom. The molecule has 0 saturated carbocycles. The largest absolute Gasteiger partial charge is 0.492 e. The molecule has 1 saturated heterocycles. The summed E-state index contributed by atoms with van der Waals surface area (Å²) in [6.07, 6.45) is 1.76. The predicted octanol–water partition coefficient (Wildman–Crippen LogP) is 3.59. The minimum Gasteiger partial charge on any atom is -0.492 e. The number of carbonyl (C=O) groups excluding carboxylic acids is 1. The highest BCUT2D eigenvalue weighted by molar-refractivity contribution is 7.99. The van der Waals surface area contributed by atoms with E-state index in [-0.39, 0.29) is 5.91 Å². The van der Waals surface area contributed by atoms with E-state index in [2.05, 4.69) is 15.2 Å². The average molecular weight is 432 g/mol. The van der Waals surface area contributed by atoms with Crippen LogP contribution in [-0.4, -0.2) is 56.2 Å². The average Bonchev–Trinajstić information content (AvgIpc) is 2.77. The summed E-state index contributed by atoms with van der Waals surface area (Å²) in [6, 6.07) is 9.60. The molecule has 30 heavy (non-hydrogen) atoms. The van der Waals surface area contributed by atoms with Crippen LogP contribution in [0.25, 0.3) is 0 Å². The molecule has 1 amide bonds. The van der Waals surface area contributed by atoms with E-state index in [0.29, 0.717) is 49.4 Å². The van der Waals surface area contributed by atoms with Crippen LogP contribution >= 0.6 is 11.8 Å². The third-order valence-corrected chi connectivity index (χ3v) is 5.46. The second-order valence-electron chi connectivity index (χ2n) is 6.64. The van der Waals surface area contributed by atoms with Crippen molar-refractivity contribution in [2.45, 2.75) is 19.6 Å². The molecule has 8 heteroatoms. The van der Waals surface area contributed by atoms with Gasteiger partial charge in [0.25, 0.3) is 0 Å². The molecule has 3 rings (SSSR count). The normalized spacial score (nSPS) is 13.7. The maximum Gasteiger partial charge on any atom is 0.234 e. The Morgan fingerprint density at radius 1 is 1.17 bits per heavy atom. The van der Waals surface area contributed by atoms with Crippen molar-refractivity contribution in [1.29, 1.82) is 0 Å². The molecule has 0 spiro atoms. The lowest BCUT2D eigenvalue weighted by atomic mass is 10.2. The third kappa shape index (κ3) is 6.27. The number of nitrogens with zero attached hydrogens (tertiary/aromatic N) is 2. The number of hydrogen-bond donors (Lipinski definition) is 1. The summed E-state index contributed by atoms with van der Waals surface area (Å²) in [6.45, 7) is 7.88. The van der Waals surface area contributed by atoms with Gasteiger partial charge in [-0.25, -0.2) is 0 Å². The van der Waals surface area contributed by atoms with Crippen molar-refractivity contribution in [2.75, 3.05) is 55.5 Å². The van der Waals surface area contributed by atoms with E-state index < -0.39 is 0 Å². The lowest BCUT2D eigenvalue weighted by molar-refractivity contribution is -0.113. The Morgan fingerprint density at radius 2 is 1.93 bits per heavy atom. The zero-order chi connectivity index (χ0) is 21.2. The molecule has 1 aromatic carbocycles. The summed E-state index contributed by atoms with van der Waals surface area (Å²) in [7, 11) is 0. The van der Waals surface area contributed by atoms with E-state index in [1.165, 1.54) is 11.8 Å². The maximum absolute atomic E-state index is 12.5. The zero-order valence-corrected chi connectivity index (χ0v) is 18.4. The number of amides is 1. The first-order valence-electron chi connectivity index (χ1n) is 10.2. The number of nitrogens with one attached hydrogen (secondary N) is 1. The number of carbonyl (C=O) groups is 1.